The number of nitrogens with two attached hydrogens (primary N) is 1. The van der Waals surface area contributed by atoms with Gasteiger partial charge in [-0.3, -0.25) is 4.79 Å². The highest BCUT2D eigenvalue weighted by molar-refractivity contribution is 6.31. The molecule has 2 N–H and O–H groups in total. The average molecular weight is 489 g/mol. The second-order valence-electron chi connectivity index (χ2n) is 8.88. The molecule has 0 atom stereocenters. The second-order valence-corrected chi connectivity index (χ2v) is 9.29. The Balaban J connectivity index is 1.43. The Labute approximate surface area is 206 Å². The summed E-state index contributed by atoms with van der Waals surface area (Å²) in [7, 11) is 0. The molecule has 6 rings (SSSR count). The largest absolute Gasteiger partial charge is 0.383 e. The number of aromatic nitrogens is 3. The van der Waals surface area contributed by atoms with Crippen LogP contribution in [0.25, 0.3) is 22.0 Å². The number of benzene rings is 2. The molecule has 9 heteroatoms. The highest BCUT2D eigenvalue weighted by Crippen LogP contribution is 2.39. The molecule has 2 aliphatic heterocycles. The summed E-state index contributed by atoms with van der Waals surface area (Å²) < 4.78 is 14.0. The number of pyridine rings is 1. The molecular formula is C26H22ClFN6O. The van der Waals surface area contributed by atoms with Gasteiger partial charge >= 0.3 is 0 Å². The van der Waals surface area contributed by atoms with E-state index in [1.165, 1.54) is 12.4 Å². The van der Waals surface area contributed by atoms with Crippen LogP contribution in [0.4, 0.5) is 21.7 Å². The molecule has 7 nitrogen and oxygen atoms in total. The van der Waals surface area contributed by atoms with Crippen LogP contribution in [0.15, 0.2) is 48.9 Å². The summed E-state index contributed by atoms with van der Waals surface area (Å²) in [5, 5.41) is 0.917. The van der Waals surface area contributed by atoms with E-state index in [0.717, 1.165) is 65.0 Å². The Morgan fingerprint density at radius 3 is 2.66 bits per heavy atom. The second kappa shape index (κ2) is 8.46. The zero-order valence-corrected chi connectivity index (χ0v) is 19.6. The lowest BCUT2D eigenvalue weighted by atomic mass is 10.0. The number of carbonyl (C=O) groups excluding carboxylic acids is 1. The molecule has 35 heavy (non-hydrogen) atoms. The predicted molar refractivity (Wildman–Crippen MR) is 134 cm³/mol. The van der Waals surface area contributed by atoms with Crippen LogP contribution in [0.5, 0.6) is 0 Å². The fraction of sp³-hybridized carbons (Fsp3) is 0.231. The van der Waals surface area contributed by atoms with Crippen LogP contribution in [0.2, 0.25) is 5.02 Å². The first-order valence-corrected chi connectivity index (χ1v) is 11.9. The van der Waals surface area contributed by atoms with Crippen molar-refractivity contribution < 1.29 is 9.18 Å². The zero-order valence-electron chi connectivity index (χ0n) is 18.8. The van der Waals surface area contributed by atoms with Crippen LogP contribution >= 0.6 is 11.6 Å². The van der Waals surface area contributed by atoms with Gasteiger partial charge in [0.15, 0.2) is 0 Å². The summed E-state index contributed by atoms with van der Waals surface area (Å²) in [5.41, 5.74) is 10.7. The molecule has 2 aromatic heterocycles. The van der Waals surface area contributed by atoms with Gasteiger partial charge < -0.3 is 15.5 Å². The van der Waals surface area contributed by atoms with Crippen LogP contribution < -0.4 is 10.6 Å². The Bertz CT molecular complexity index is 1490. The van der Waals surface area contributed by atoms with E-state index >= 15 is 0 Å². The first-order valence-electron chi connectivity index (χ1n) is 11.5. The van der Waals surface area contributed by atoms with Crippen LogP contribution in [0.1, 0.15) is 28.8 Å². The molecule has 0 radical (unpaired) electrons. The van der Waals surface area contributed by atoms with Crippen LogP contribution in [-0.4, -0.2) is 45.4 Å². The topological polar surface area (TPSA) is 88.2 Å². The molecule has 0 aliphatic carbocycles. The fourth-order valence-electron chi connectivity index (χ4n) is 4.93. The van der Waals surface area contributed by atoms with Gasteiger partial charge in [-0.1, -0.05) is 17.7 Å². The van der Waals surface area contributed by atoms with E-state index in [9.17, 15) is 9.18 Å². The lowest BCUT2D eigenvalue weighted by Gasteiger charge is -2.20. The normalized spacial score (nSPS) is 15.1. The van der Waals surface area contributed by atoms with Crippen molar-refractivity contribution in [1.82, 2.24) is 19.9 Å². The summed E-state index contributed by atoms with van der Waals surface area (Å²) in [4.78, 5) is 30.2. The number of likely N-dealkylation sites (tertiary alicyclic amines) is 1. The molecule has 1 fully saturated rings. The number of fused-ring (bicyclic) bond motifs is 2. The molecule has 2 aromatic carbocycles. The summed E-state index contributed by atoms with van der Waals surface area (Å²) in [6.45, 7) is 2.14. The van der Waals surface area contributed by atoms with E-state index in [2.05, 4.69) is 15.0 Å². The third-order valence-corrected chi connectivity index (χ3v) is 7.05. The van der Waals surface area contributed by atoms with Gasteiger partial charge in [0.1, 0.15) is 23.8 Å². The lowest BCUT2D eigenvalue weighted by Crippen LogP contribution is -2.28. The number of nitrogen functional groups attached to an aromatic ring is 1. The molecular weight excluding hydrogens is 467 g/mol. The van der Waals surface area contributed by atoms with Crippen molar-refractivity contribution in [2.24, 2.45) is 0 Å². The van der Waals surface area contributed by atoms with Crippen molar-refractivity contribution in [2.75, 3.05) is 30.3 Å². The number of carbonyl (C=O) groups is 1. The maximum atomic E-state index is 14.0. The quantitative estimate of drug-likeness (QED) is 0.436. The van der Waals surface area contributed by atoms with Crippen LogP contribution in [0, 0.1) is 5.82 Å². The fourth-order valence-corrected chi connectivity index (χ4v) is 5.09. The first kappa shape index (κ1) is 21.7. The molecule has 176 valence electrons. The van der Waals surface area contributed by atoms with Gasteiger partial charge in [-0.05, 0) is 60.7 Å². The van der Waals surface area contributed by atoms with Crippen molar-refractivity contribution in [3.05, 3.63) is 70.9 Å². The predicted octanol–water partition coefficient (Wildman–Crippen LogP) is 5.00. The number of anilines is 3. The maximum Gasteiger partial charge on any atom is 0.257 e. The highest BCUT2D eigenvalue weighted by Gasteiger charge is 2.26. The van der Waals surface area contributed by atoms with Gasteiger partial charge in [-0.15, -0.1) is 0 Å². The minimum absolute atomic E-state index is 0.0813. The van der Waals surface area contributed by atoms with E-state index in [4.69, 9.17) is 17.3 Å². The highest BCUT2D eigenvalue weighted by atomic mass is 35.5. The van der Waals surface area contributed by atoms with Crippen molar-refractivity contribution in [3.8, 4) is 11.1 Å². The standard InChI is InChI=1S/C26H22ClFN6O/c27-20-12-23-16(11-21(20)28)5-8-34(23)25-18-9-15(3-4-22(18)31-14-32-25)17-10-19(24(29)30-13-17)26(35)33-6-1-2-7-33/h3-4,9-14H,1-2,5-8H2,(H2,29,30). The monoisotopic (exact) mass is 488 g/mol. The van der Waals surface area contributed by atoms with Gasteiger partial charge in [0.2, 0.25) is 0 Å². The Kier molecular flexibility index (Phi) is 5.25. The Morgan fingerprint density at radius 2 is 1.83 bits per heavy atom. The molecule has 0 unspecified atom stereocenters. The van der Waals surface area contributed by atoms with Gasteiger partial charge in [0.05, 0.1) is 16.1 Å². The van der Waals surface area contributed by atoms with E-state index in [-0.39, 0.29) is 16.7 Å². The van der Waals surface area contributed by atoms with Crippen LogP contribution in [-0.2, 0) is 6.42 Å². The van der Waals surface area contributed by atoms with Gasteiger partial charge in [0.25, 0.3) is 5.91 Å². The minimum Gasteiger partial charge on any atom is -0.383 e. The molecule has 0 saturated carbocycles. The molecule has 4 aromatic rings. The van der Waals surface area contributed by atoms with Crippen LogP contribution in [0.3, 0.4) is 0 Å². The SMILES string of the molecule is Nc1ncc(-c2ccc3ncnc(N4CCc5cc(F)c(Cl)cc54)c3c2)cc1C(=O)N1CCCC1. The maximum absolute atomic E-state index is 14.0. The number of nitrogens with zero attached hydrogens (tertiary/aromatic N) is 5. The van der Waals surface area contributed by atoms with Gasteiger partial charge in [-0.25, -0.2) is 19.3 Å². The summed E-state index contributed by atoms with van der Waals surface area (Å²) in [6.07, 6.45) is 5.90. The smallest absolute Gasteiger partial charge is 0.257 e. The van der Waals surface area contributed by atoms with Gasteiger partial charge in [0, 0.05) is 42.5 Å². The molecule has 0 spiro atoms. The molecule has 4 heterocycles. The molecule has 1 saturated heterocycles. The Morgan fingerprint density at radius 1 is 1.00 bits per heavy atom. The average Bonchev–Trinajstić information content (AvgIpc) is 3.54. The molecule has 0 bridgehead atoms. The number of halogens is 2. The molecule has 2 aliphatic rings. The first-order chi connectivity index (χ1) is 17.0. The number of rotatable bonds is 3. The third kappa shape index (κ3) is 3.74. The zero-order chi connectivity index (χ0) is 24.1. The van der Waals surface area contributed by atoms with Gasteiger partial charge in [-0.2, -0.15) is 0 Å². The van der Waals surface area contributed by atoms with Crippen molar-refractivity contribution in [3.63, 3.8) is 0 Å². The number of amides is 1. The van der Waals surface area contributed by atoms with E-state index in [1.54, 1.807) is 18.3 Å². The van der Waals surface area contributed by atoms with E-state index < -0.39 is 5.82 Å². The third-order valence-electron chi connectivity index (χ3n) is 6.76. The summed E-state index contributed by atoms with van der Waals surface area (Å²) in [6, 6.07) is 10.8. The van der Waals surface area contributed by atoms with Crippen molar-refractivity contribution >= 4 is 45.7 Å². The van der Waals surface area contributed by atoms with Crippen molar-refractivity contribution in [1.29, 1.82) is 0 Å². The summed E-state index contributed by atoms with van der Waals surface area (Å²) in [5.74, 6) is 0.442. The van der Waals surface area contributed by atoms with Crippen molar-refractivity contribution in [2.45, 2.75) is 19.3 Å². The summed E-state index contributed by atoms with van der Waals surface area (Å²) >= 11 is 6.09. The van der Waals surface area contributed by atoms with E-state index in [0.29, 0.717) is 18.5 Å². The van der Waals surface area contributed by atoms with E-state index in [1.807, 2.05) is 28.0 Å². The molecule has 1 amide bonds. The number of hydrogen-bond acceptors (Lipinski definition) is 6. The Hall–Kier alpha value is -3.78. The lowest BCUT2D eigenvalue weighted by molar-refractivity contribution is 0.0793. The number of hydrogen-bond donors (Lipinski definition) is 1. The minimum atomic E-state index is -0.419.